The van der Waals surface area contributed by atoms with Crippen LogP contribution in [0, 0.1) is 5.41 Å². The van der Waals surface area contributed by atoms with E-state index in [1.807, 2.05) is 6.92 Å². The number of carbonyl (C=O) groups is 1. The van der Waals surface area contributed by atoms with E-state index in [9.17, 15) is 4.79 Å². The minimum Gasteiger partial charge on any atom is -0.371 e. The quantitative estimate of drug-likeness (QED) is 0.836. The molecule has 0 spiro atoms. The second kappa shape index (κ2) is 5.37. The number of hydrogen-bond donors (Lipinski definition) is 0. The van der Waals surface area contributed by atoms with Gasteiger partial charge in [0.05, 0.1) is 11.3 Å². The molecule has 1 unspecified atom stereocenters. The van der Waals surface area contributed by atoms with Gasteiger partial charge >= 0.3 is 0 Å². The summed E-state index contributed by atoms with van der Waals surface area (Å²) in [7, 11) is 0. The van der Waals surface area contributed by atoms with Crippen LogP contribution in [-0.2, 0) is 11.2 Å². The SMILES string of the molecule is CCOC(CC)c1ncc2c(n1)CC(C)(C)CC2=O. The number of fused-ring (bicyclic) bond motifs is 1. The maximum Gasteiger partial charge on any atom is 0.166 e. The van der Waals surface area contributed by atoms with E-state index in [0.29, 0.717) is 24.4 Å². The lowest BCUT2D eigenvalue weighted by Gasteiger charge is -2.29. The molecular weight excluding hydrogens is 240 g/mol. The summed E-state index contributed by atoms with van der Waals surface area (Å²) in [6, 6.07) is 0. The molecule has 1 atom stereocenters. The van der Waals surface area contributed by atoms with Gasteiger partial charge in [0.1, 0.15) is 6.10 Å². The average molecular weight is 262 g/mol. The Kier molecular flexibility index (Phi) is 3.99. The van der Waals surface area contributed by atoms with Gasteiger partial charge in [0.15, 0.2) is 11.6 Å². The molecule has 0 fully saturated rings. The molecule has 1 aliphatic carbocycles. The molecule has 104 valence electrons. The van der Waals surface area contributed by atoms with Crippen LogP contribution in [0.25, 0.3) is 0 Å². The van der Waals surface area contributed by atoms with Crippen LogP contribution in [0.3, 0.4) is 0 Å². The zero-order valence-electron chi connectivity index (χ0n) is 12.2. The third-order valence-electron chi connectivity index (χ3n) is 3.50. The van der Waals surface area contributed by atoms with Crippen molar-refractivity contribution < 1.29 is 9.53 Å². The number of aromatic nitrogens is 2. The molecule has 2 rings (SSSR count). The van der Waals surface area contributed by atoms with Crippen molar-refractivity contribution in [2.45, 2.75) is 53.1 Å². The van der Waals surface area contributed by atoms with Gasteiger partial charge in [-0.2, -0.15) is 0 Å². The molecule has 4 nitrogen and oxygen atoms in total. The molecule has 1 aromatic rings. The molecule has 1 heterocycles. The zero-order valence-corrected chi connectivity index (χ0v) is 12.2. The number of carbonyl (C=O) groups excluding carboxylic acids is 1. The molecule has 1 aromatic heterocycles. The average Bonchev–Trinajstić information content (AvgIpc) is 2.33. The van der Waals surface area contributed by atoms with Crippen LogP contribution in [0.15, 0.2) is 6.20 Å². The highest BCUT2D eigenvalue weighted by molar-refractivity contribution is 5.98. The summed E-state index contributed by atoms with van der Waals surface area (Å²) in [5, 5.41) is 0. The number of rotatable bonds is 4. The van der Waals surface area contributed by atoms with Gasteiger partial charge in [0, 0.05) is 19.2 Å². The van der Waals surface area contributed by atoms with Crippen molar-refractivity contribution in [1.29, 1.82) is 0 Å². The van der Waals surface area contributed by atoms with Gasteiger partial charge in [0.2, 0.25) is 0 Å². The highest BCUT2D eigenvalue weighted by Crippen LogP contribution is 2.34. The van der Waals surface area contributed by atoms with Gasteiger partial charge in [-0.1, -0.05) is 20.8 Å². The molecule has 0 radical (unpaired) electrons. The number of Topliss-reactive ketones (excluding diaryl/α,β-unsaturated/α-hetero) is 1. The highest BCUT2D eigenvalue weighted by atomic mass is 16.5. The van der Waals surface area contributed by atoms with Crippen molar-refractivity contribution in [2.24, 2.45) is 5.41 Å². The summed E-state index contributed by atoms with van der Waals surface area (Å²) in [5.41, 5.74) is 1.56. The minimum atomic E-state index is -0.0737. The van der Waals surface area contributed by atoms with E-state index in [4.69, 9.17) is 4.74 Å². The van der Waals surface area contributed by atoms with E-state index >= 15 is 0 Å². The number of ether oxygens (including phenoxy) is 1. The monoisotopic (exact) mass is 262 g/mol. The molecule has 0 bridgehead atoms. The molecule has 0 saturated heterocycles. The van der Waals surface area contributed by atoms with Crippen molar-refractivity contribution in [3.8, 4) is 0 Å². The van der Waals surface area contributed by atoms with E-state index in [1.165, 1.54) is 0 Å². The standard InChI is InChI=1S/C15H22N2O2/c1-5-13(19-6-2)14-16-9-10-11(17-14)7-15(3,4)8-12(10)18/h9,13H,5-8H2,1-4H3. The maximum atomic E-state index is 12.1. The van der Waals surface area contributed by atoms with Crippen LogP contribution < -0.4 is 0 Å². The van der Waals surface area contributed by atoms with Gasteiger partial charge < -0.3 is 4.74 Å². The van der Waals surface area contributed by atoms with Gasteiger partial charge in [-0.05, 0) is 25.2 Å². The van der Waals surface area contributed by atoms with Crippen molar-refractivity contribution in [1.82, 2.24) is 9.97 Å². The van der Waals surface area contributed by atoms with Gasteiger partial charge in [-0.15, -0.1) is 0 Å². The lowest BCUT2D eigenvalue weighted by molar-refractivity contribution is 0.0529. The fraction of sp³-hybridized carbons (Fsp3) is 0.667. The van der Waals surface area contributed by atoms with Crippen LogP contribution in [0.5, 0.6) is 0 Å². The summed E-state index contributed by atoms with van der Waals surface area (Å²) in [6.45, 7) is 8.88. The lowest BCUT2D eigenvalue weighted by Crippen LogP contribution is -2.29. The normalized spacial score (nSPS) is 19.1. The fourth-order valence-electron chi connectivity index (χ4n) is 2.58. The topological polar surface area (TPSA) is 52.1 Å². The highest BCUT2D eigenvalue weighted by Gasteiger charge is 2.32. The first-order valence-corrected chi connectivity index (χ1v) is 6.97. The van der Waals surface area contributed by atoms with Crippen molar-refractivity contribution in [3.63, 3.8) is 0 Å². The Bertz CT molecular complexity index is 483. The molecule has 19 heavy (non-hydrogen) atoms. The Morgan fingerprint density at radius 3 is 2.74 bits per heavy atom. The second-order valence-electron chi connectivity index (χ2n) is 5.88. The van der Waals surface area contributed by atoms with E-state index < -0.39 is 0 Å². The third-order valence-corrected chi connectivity index (χ3v) is 3.50. The Labute approximate surface area is 114 Å². The van der Waals surface area contributed by atoms with E-state index in [-0.39, 0.29) is 17.3 Å². The first-order chi connectivity index (χ1) is 8.96. The van der Waals surface area contributed by atoms with E-state index in [1.54, 1.807) is 6.20 Å². The van der Waals surface area contributed by atoms with Gasteiger partial charge in [0.25, 0.3) is 0 Å². The van der Waals surface area contributed by atoms with Crippen molar-refractivity contribution in [2.75, 3.05) is 6.61 Å². The molecule has 0 saturated carbocycles. The smallest absolute Gasteiger partial charge is 0.166 e. The number of nitrogens with zero attached hydrogens (tertiary/aromatic N) is 2. The Morgan fingerprint density at radius 2 is 2.11 bits per heavy atom. The minimum absolute atomic E-state index is 0.0109. The third kappa shape index (κ3) is 3.00. The summed E-state index contributed by atoms with van der Waals surface area (Å²) >= 11 is 0. The van der Waals surface area contributed by atoms with Gasteiger partial charge in [-0.25, -0.2) is 9.97 Å². The first kappa shape index (κ1) is 14.1. The Hall–Kier alpha value is -1.29. The molecule has 1 aliphatic rings. The lowest BCUT2D eigenvalue weighted by atomic mass is 9.76. The largest absolute Gasteiger partial charge is 0.371 e. The predicted octanol–water partition coefficient (Wildman–Crippen LogP) is 3.12. The van der Waals surface area contributed by atoms with Crippen molar-refractivity contribution >= 4 is 5.78 Å². The van der Waals surface area contributed by atoms with Crippen LogP contribution >= 0.6 is 0 Å². The summed E-state index contributed by atoms with van der Waals surface area (Å²) < 4.78 is 5.64. The summed E-state index contributed by atoms with van der Waals surface area (Å²) in [5.74, 6) is 0.857. The Balaban J connectivity index is 2.35. The number of ketones is 1. The van der Waals surface area contributed by atoms with Crippen LogP contribution in [0.4, 0.5) is 0 Å². The zero-order chi connectivity index (χ0) is 14.0. The summed E-state index contributed by atoms with van der Waals surface area (Å²) in [4.78, 5) is 21.0. The maximum absolute atomic E-state index is 12.1. The molecular formula is C15H22N2O2. The van der Waals surface area contributed by atoms with Crippen LogP contribution in [-0.4, -0.2) is 22.4 Å². The van der Waals surface area contributed by atoms with Gasteiger partial charge in [-0.3, -0.25) is 4.79 Å². The Morgan fingerprint density at radius 1 is 1.37 bits per heavy atom. The fourth-order valence-corrected chi connectivity index (χ4v) is 2.58. The summed E-state index contributed by atoms with van der Waals surface area (Å²) in [6.07, 6.45) is 3.84. The molecule has 0 aromatic carbocycles. The number of hydrogen-bond acceptors (Lipinski definition) is 4. The predicted molar refractivity (Wildman–Crippen MR) is 73.1 cm³/mol. The molecule has 0 N–H and O–H groups in total. The van der Waals surface area contributed by atoms with E-state index in [0.717, 1.165) is 18.5 Å². The van der Waals surface area contributed by atoms with Crippen molar-refractivity contribution in [3.05, 3.63) is 23.3 Å². The molecule has 0 aliphatic heterocycles. The first-order valence-electron chi connectivity index (χ1n) is 6.97. The molecule has 0 amide bonds. The van der Waals surface area contributed by atoms with Crippen LogP contribution in [0.2, 0.25) is 0 Å². The van der Waals surface area contributed by atoms with Crippen LogP contribution in [0.1, 0.15) is 68.5 Å². The second-order valence-corrected chi connectivity index (χ2v) is 5.88. The van der Waals surface area contributed by atoms with E-state index in [2.05, 4.69) is 30.7 Å². The molecule has 4 heteroatoms.